The lowest BCUT2D eigenvalue weighted by molar-refractivity contribution is -0.137. The van der Waals surface area contributed by atoms with E-state index in [2.05, 4.69) is 11.9 Å². The molecule has 0 unspecified atom stereocenters. The van der Waals surface area contributed by atoms with Gasteiger partial charge in [0.15, 0.2) is 0 Å². The van der Waals surface area contributed by atoms with Gasteiger partial charge in [0.1, 0.15) is 12.4 Å². The van der Waals surface area contributed by atoms with E-state index in [-0.39, 0.29) is 13.0 Å². The highest BCUT2D eigenvalue weighted by Gasteiger charge is 2.02. The molecule has 1 aromatic carbocycles. The third-order valence-corrected chi connectivity index (χ3v) is 2.50. The van der Waals surface area contributed by atoms with Crippen LogP contribution in [-0.2, 0) is 16.1 Å². The van der Waals surface area contributed by atoms with E-state index >= 15 is 0 Å². The molecule has 1 amide bonds. The quantitative estimate of drug-likeness (QED) is 0.539. The molecule has 0 radical (unpaired) electrons. The van der Waals surface area contributed by atoms with Crippen LogP contribution in [0.1, 0.15) is 18.4 Å². The van der Waals surface area contributed by atoms with Crippen LogP contribution in [0, 0.1) is 0 Å². The van der Waals surface area contributed by atoms with Crippen molar-refractivity contribution in [2.45, 2.75) is 19.4 Å². The molecule has 114 valence electrons. The van der Waals surface area contributed by atoms with Crippen molar-refractivity contribution in [3.63, 3.8) is 0 Å². The van der Waals surface area contributed by atoms with Gasteiger partial charge in [-0.2, -0.15) is 0 Å². The summed E-state index contributed by atoms with van der Waals surface area (Å²) in [5.41, 5.74) is 0.906. The maximum Gasteiger partial charge on any atom is 0.407 e. The predicted molar refractivity (Wildman–Crippen MR) is 77.2 cm³/mol. The second kappa shape index (κ2) is 9.41. The number of carboxylic acid groups (broad SMARTS) is 1. The van der Waals surface area contributed by atoms with Crippen molar-refractivity contribution >= 4 is 12.1 Å². The van der Waals surface area contributed by atoms with Gasteiger partial charge in [-0.3, -0.25) is 4.79 Å². The molecule has 0 spiro atoms. The first kappa shape index (κ1) is 16.6. The Labute approximate surface area is 123 Å². The number of carboxylic acids is 1. The maximum atomic E-state index is 11.2. The van der Waals surface area contributed by atoms with Gasteiger partial charge < -0.3 is 19.9 Å². The van der Waals surface area contributed by atoms with Gasteiger partial charge in [-0.05, 0) is 24.1 Å². The Hall–Kier alpha value is -2.50. The van der Waals surface area contributed by atoms with E-state index in [1.54, 1.807) is 12.1 Å². The van der Waals surface area contributed by atoms with E-state index in [1.807, 2.05) is 12.1 Å². The number of amides is 1. The van der Waals surface area contributed by atoms with E-state index in [1.165, 1.54) is 6.08 Å². The normalized spacial score (nSPS) is 9.71. The largest absolute Gasteiger partial charge is 0.494 e. The van der Waals surface area contributed by atoms with Crippen LogP contribution >= 0.6 is 0 Å². The van der Waals surface area contributed by atoms with Gasteiger partial charge in [0.05, 0.1) is 6.61 Å². The fourth-order valence-electron chi connectivity index (χ4n) is 1.48. The van der Waals surface area contributed by atoms with Crippen LogP contribution in [0.15, 0.2) is 36.9 Å². The van der Waals surface area contributed by atoms with Crippen LogP contribution in [-0.4, -0.2) is 30.4 Å². The van der Waals surface area contributed by atoms with Gasteiger partial charge in [0.25, 0.3) is 0 Å². The molecule has 0 saturated heterocycles. The Kier molecular flexibility index (Phi) is 7.42. The molecule has 0 heterocycles. The lowest BCUT2D eigenvalue weighted by Crippen LogP contribution is -2.23. The molecule has 0 bridgehead atoms. The van der Waals surface area contributed by atoms with Gasteiger partial charge in [0.2, 0.25) is 0 Å². The molecule has 2 N–H and O–H groups in total. The van der Waals surface area contributed by atoms with Crippen LogP contribution in [0.4, 0.5) is 4.79 Å². The Morgan fingerprint density at radius 2 is 2.00 bits per heavy atom. The number of carbonyl (C=O) groups excluding carboxylic acids is 1. The number of carbonyl (C=O) groups is 2. The third-order valence-electron chi connectivity index (χ3n) is 2.50. The lowest BCUT2D eigenvalue weighted by Gasteiger charge is -2.08. The first-order valence-corrected chi connectivity index (χ1v) is 6.57. The molecule has 0 aliphatic heterocycles. The van der Waals surface area contributed by atoms with Crippen molar-refractivity contribution in [2.75, 3.05) is 13.2 Å². The van der Waals surface area contributed by atoms with E-state index in [4.69, 9.17) is 14.6 Å². The standard InChI is InChI=1S/C15H19NO5/c1-2-9-21-15(19)16-11-12-5-7-13(8-6-12)20-10-3-4-14(17)18/h2,5-8H,1,3-4,9-11H2,(H,16,19)(H,17,18). The molecule has 0 saturated carbocycles. The van der Waals surface area contributed by atoms with Gasteiger partial charge in [-0.25, -0.2) is 4.79 Å². The second-order valence-electron chi connectivity index (χ2n) is 4.23. The molecule has 6 heteroatoms. The molecular weight excluding hydrogens is 274 g/mol. The zero-order chi connectivity index (χ0) is 15.5. The summed E-state index contributed by atoms with van der Waals surface area (Å²) in [6.07, 6.45) is 1.56. The highest BCUT2D eigenvalue weighted by molar-refractivity contribution is 5.67. The molecule has 0 fully saturated rings. The first-order chi connectivity index (χ1) is 10.1. The Balaban J connectivity index is 2.28. The van der Waals surface area contributed by atoms with Crippen LogP contribution in [0.25, 0.3) is 0 Å². The van der Waals surface area contributed by atoms with Crippen molar-refractivity contribution in [1.29, 1.82) is 0 Å². The van der Waals surface area contributed by atoms with Crippen LogP contribution in [0.2, 0.25) is 0 Å². The summed E-state index contributed by atoms with van der Waals surface area (Å²) < 4.78 is 10.2. The average molecular weight is 293 g/mol. The minimum Gasteiger partial charge on any atom is -0.494 e. The van der Waals surface area contributed by atoms with Gasteiger partial charge >= 0.3 is 12.1 Å². The van der Waals surface area contributed by atoms with Crippen LogP contribution in [0.3, 0.4) is 0 Å². The van der Waals surface area contributed by atoms with E-state index in [9.17, 15) is 9.59 Å². The fourth-order valence-corrected chi connectivity index (χ4v) is 1.48. The number of aliphatic carboxylic acids is 1. The van der Waals surface area contributed by atoms with Crippen molar-refractivity contribution in [3.8, 4) is 5.75 Å². The smallest absolute Gasteiger partial charge is 0.407 e. The Morgan fingerprint density at radius 1 is 1.29 bits per heavy atom. The predicted octanol–water partition coefficient (Wildman–Crippen LogP) is 2.34. The Bertz CT molecular complexity index is 469. The minimum absolute atomic E-state index is 0.0921. The highest BCUT2D eigenvalue weighted by atomic mass is 16.5. The molecule has 0 atom stereocenters. The summed E-state index contributed by atoms with van der Waals surface area (Å²) in [6, 6.07) is 7.18. The summed E-state index contributed by atoms with van der Waals surface area (Å²) >= 11 is 0. The van der Waals surface area contributed by atoms with Crippen LogP contribution in [0.5, 0.6) is 5.75 Å². The SMILES string of the molecule is C=CCOC(=O)NCc1ccc(OCCCC(=O)O)cc1. The molecule has 1 rings (SSSR count). The molecule has 21 heavy (non-hydrogen) atoms. The number of benzene rings is 1. The van der Waals surface area contributed by atoms with Gasteiger partial charge in [-0.1, -0.05) is 24.8 Å². The molecule has 0 aliphatic rings. The number of hydrogen-bond donors (Lipinski definition) is 2. The van der Waals surface area contributed by atoms with E-state index in [0.717, 1.165) is 5.56 Å². The fraction of sp³-hybridized carbons (Fsp3) is 0.333. The summed E-state index contributed by atoms with van der Waals surface area (Å²) in [5, 5.41) is 11.1. The maximum absolute atomic E-state index is 11.2. The van der Waals surface area contributed by atoms with E-state index < -0.39 is 12.1 Å². The van der Waals surface area contributed by atoms with Gasteiger partial charge in [-0.15, -0.1) is 0 Å². The molecular formula is C15H19NO5. The topological polar surface area (TPSA) is 84.9 Å². The summed E-state index contributed by atoms with van der Waals surface area (Å²) in [7, 11) is 0. The van der Waals surface area contributed by atoms with Gasteiger partial charge in [0, 0.05) is 13.0 Å². The summed E-state index contributed by atoms with van der Waals surface area (Å²) in [4.78, 5) is 21.6. The van der Waals surface area contributed by atoms with Crippen molar-refractivity contribution in [1.82, 2.24) is 5.32 Å². The lowest BCUT2D eigenvalue weighted by atomic mass is 10.2. The summed E-state index contributed by atoms with van der Waals surface area (Å²) in [6.45, 7) is 4.34. The molecule has 1 aromatic rings. The zero-order valence-electron chi connectivity index (χ0n) is 11.7. The number of hydrogen-bond acceptors (Lipinski definition) is 4. The van der Waals surface area contributed by atoms with Crippen molar-refractivity contribution in [3.05, 3.63) is 42.5 Å². The zero-order valence-corrected chi connectivity index (χ0v) is 11.7. The van der Waals surface area contributed by atoms with E-state index in [0.29, 0.717) is 25.3 Å². The first-order valence-electron chi connectivity index (χ1n) is 6.57. The highest BCUT2D eigenvalue weighted by Crippen LogP contribution is 2.12. The van der Waals surface area contributed by atoms with Crippen molar-refractivity contribution in [2.24, 2.45) is 0 Å². The van der Waals surface area contributed by atoms with Crippen molar-refractivity contribution < 1.29 is 24.2 Å². The summed E-state index contributed by atoms with van der Waals surface area (Å²) in [5.74, 6) is -0.165. The minimum atomic E-state index is -0.830. The monoisotopic (exact) mass is 293 g/mol. The number of alkyl carbamates (subject to hydrolysis) is 1. The number of ether oxygens (including phenoxy) is 2. The Morgan fingerprint density at radius 3 is 2.62 bits per heavy atom. The molecule has 6 nitrogen and oxygen atoms in total. The molecule has 0 aromatic heterocycles. The second-order valence-corrected chi connectivity index (χ2v) is 4.23. The number of nitrogens with one attached hydrogen (secondary N) is 1. The number of rotatable bonds is 9. The molecule has 0 aliphatic carbocycles. The average Bonchev–Trinajstić information content (AvgIpc) is 2.48. The van der Waals surface area contributed by atoms with Crippen LogP contribution < -0.4 is 10.1 Å². The third kappa shape index (κ3) is 7.61.